The molecule has 0 radical (unpaired) electrons. The monoisotopic (exact) mass is 387 g/mol. The van der Waals surface area contributed by atoms with Crippen molar-refractivity contribution in [3.8, 4) is 0 Å². The van der Waals surface area contributed by atoms with Gasteiger partial charge in [0.25, 0.3) is 0 Å². The van der Waals surface area contributed by atoms with Crippen LogP contribution in [0.2, 0.25) is 0 Å². The molecule has 2 rings (SSSR count). The largest absolute Gasteiger partial charge is 0.501 e. The Labute approximate surface area is 131 Å². The molecule has 0 fully saturated rings. The standard InChI is InChI=1S/C15H19Br2NO/c1-2-7-18-15(11-4-3-8-19-10-11)13-6-5-12(16)9-14(13)17/h5-6,9-10,15,18H,2-4,7-8H2,1H3. The van der Waals surface area contributed by atoms with Gasteiger partial charge in [-0.2, -0.15) is 0 Å². The highest BCUT2D eigenvalue weighted by Crippen LogP contribution is 2.33. The van der Waals surface area contributed by atoms with Crippen molar-refractivity contribution in [1.29, 1.82) is 0 Å². The maximum absolute atomic E-state index is 5.50. The first-order chi connectivity index (χ1) is 9.22. The van der Waals surface area contributed by atoms with E-state index in [0.29, 0.717) is 0 Å². The van der Waals surface area contributed by atoms with Crippen molar-refractivity contribution >= 4 is 31.9 Å². The Kier molecular flexibility index (Phi) is 5.92. The van der Waals surface area contributed by atoms with Crippen molar-refractivity contribution in [2.24, 2.45) is 0 Å². The average Bonchev–Trinajstić information content (AvgIpc) is 2.42. The highest BCUT2D eigenvalue weighted by molar-refractivity contribution is 9.11. The predicted molar refractivity (Wildman–Crippen MR) is 86.1 cm³/mol. The van der Waals surface area contributed by atoms with Crippen molar-refractivity contribution in [1.82, 2.24) is 5.32 Å². The van der Waals surface area contributed by atoms with E-state index in [1.54, 1.807) is 0 Å². The van der Waals surface area contributed by atoms with Crippen LogP contribution in [0.5, 0.6) is 0 Å². The zero-order valence-corrected chi connectivity index (χ0v) is 14.3. The Morgan fingerprint density at radius 1 is 1.37 bits per heavy atom. The Bertz CT molecular complexity index is 459. The molecule has 1 N–H and O–H groups in total. The summed E-state index contributed by atoms with van der Waals surface area (Å²) in [6, 6.07) is 6.59. The molecule has 104 valence electrons. The molecule has 1 heterocycles. The van der Waals surface area contributed by atoms with Gasteiger partial charge in [-0.15, -0.1) is 0 Å². The molecule has 1 atom stereocenters. The molecule has 0 spiro atoms. The summed E-state index contributed by atoms with van der Waals surface area (Å²) >= 11 is 7.17. The van der Waals surface area contributed by atoms with Crippen LogP contribution in [0.1, 0.15) is 37.8 Å². The summed E-state index contributed by atoms with van der Waals surface area (Å²) in [6.07, 6.45) is 5.26. The lowest BCUT2D eigenvalue weighted by Crippen LogP contribution is -2.25. The van der Waals surface area contributed by atoms with Gasteiger partial charge in [0, 0.05) is 8.95 Å². The minimum atomic E-state index is 0.239. The van der Waals surface area contributed by atoms with Gasteiger partial charge in [-0.1, -0.05) is 44.8 Å². The topological polar surface area (TPSA) is 21.3 Å². The van der Waals surface area contributed by atoms with Crippen LogP contribution < -0.4 is 5.32 Å². The predicted octanol–water partition coefficient (Wildman–Crippen LogP) is 4.95. The summed E-state index contributed by atoms with van der Waals surface area (Å²) in [5.41, 5.74) is 2.61. The minimum absolute atomic E-state index is 0.239. The van der Waals surface area contributed by atoms with E-state index in [-0.39, 0.29) is 6.04 Å². The van der Waals surface area contributed by atoms with Crippen LogP contribution >= 0.6 is 31.9 Å². The Balaban J connectivity index is 2.27. The third-order valence-corrected chi connectivity index (χ3v) is 4.39. The number of rotatable bonds is 5. The van der Waals surface area contributed by atoms with E-state index < -0.39 is 0 Å². The summed E-state index contributed by atoms with van der Waals surface area (Å²) < 4.78 is 7.72. The summed E-state index contributed by atoms with van der Waals surface area (Å²) in [5.74, 6) is 0. The van der Waals surface area contributed by atoms with E-state index in [1.165, 1.54) is 11.1 Å². The fourth-order valence-electron chi connectivity index (χ4n) is 2.26. The van der Waals surface area contributed by atoms with Gasteiger partial charge in [0.05, 0.1) is 18.9 Å². The molecule has 0 amide bonds. The second-order valence-electron chi connectivity index (χ2n) is 4.72. The van der Waals surface area contributed by atoms with Gasteiger partial charge >= 0.3 is 0 Å². The first-order valence-corrected chi connectivity index (χ1v) is 8.30. The van der Waals surface area contributed by atoms with Crippen LogP contribution in [0.25, 0.3) is 0 Å². The number of ether oxygens (including phenoxy) is 1. The molecule has 4 heteroatoms. The van der Waals surface area contributed by atoms with Gasteiger partial charge in [-0.3, -0.25) is 0 Å². The summed E-state index contributed by atoms with van der Waals surface area (Å²) in [4.78, 5) is 0. The van der Waals surface area contributed by atoms with E-state index in [0.717, 1.165) is 41.4 Å². The van der Waals surface area contributed by atoms with Gasteiger partial charge in [-0.05, 0) is 49.1 Å². The molecular formula is C15H19Br2NO. The van der Waals surface area contributed by atoms with Crippen molar-refractivity contribution in [3.63, 3.8) is 0 Å². The zero-order valence-electron chi connectivity index (χ0n) is 11.1. The normalized spacial score (nSPS) is 16.7. The van der Waals surface area contributed by atoms with Crippen molar-refractivity contribution in [2.45, 2.75) is 32.2 Å². The molecule has 2 nitrogen and oxygen atoms in total. The molecule has 0 bridgehead atoms. The molecule has 1 unspecified atom stereocenters. The lowest BCUT2D eigenvalue weighted by molar-refractivity contribution is 0.219. The van der Waals surface area contributed by atoms with Crippen LogP contribution in [0, 0.1) is 0 Å². The van der Waals surface area contributed by atoms with Crippen molar-refractivity contribution in [2.75, 3.05) is 13.2 Å². The molecule has 0 aromatic heterocycles. The summed E-state index contributed by atoms with van der Waals surface area (Å²) in [7, 11) is 0. The minimum Gasteiger partial charge on any atom is -0.501 e. The smallest absolute Gasteiger partial charge is 0.0876 e. The van der Waals surface area contributed by atoms with Gasteiger partial charge in [0.1, 0.15) is 0 Å². The third kappa shape index (κ3) is 4.07. The van der Waals surface area contributed by atoms with Crippen molar-refractivity contribution < 1.29 is 4.74 Å². The third-order valence-electron chi connectivity index (χ3n) is 3.21. The van der Waals surface area contributed by atoms with E-state index in [1.807, 2.05) is 6.26 Å². The Hall–Kier alpha value is -0.320. The van der Waals surface area contributed by atoms with E-state index >= 15 is 0 Å². The SMILES string of the molecule is CCCNC(C1=COCCC1)c1ccc(Br)cc1Br. The van der Waals surface area contributed by atoms with Crippen molar-refractivity contribution in [3.05, 3.63) is 44.5 Å². The number of hydrogen-bond acceptors (Lipinski definition) is 2. The second-order valence-corrected chi connectivity index (χ2v) is 6.49. The molecule has 0 aliphatic carbocycles. The van der Waals surface area contributed by atoms with E-state index in [4.69, 9.17) is 4.74 Å². The quantitative estimate of drug-likeness (QED) is 0.770. The van der Waals surface area contributed by atoms with Gasteiger partial charge < -0.3 is 10.1 Å². The first kappa shape index (κ1) is 15.1. The molecule has 0 saturated carbocycles. The lowest BCUT2D eigenvalue weighted by atomic mass is 9.95. The Morgan fingerprint density at radius 3 is 2.84 bits per heavy atom. The lowest BCUT2D eigenvalue weighted by Gasteiger charge is -2.25. The molecule has 19 heavy (non-hydrogen) atoms. The number of nitrogens with one attached hydrogen (secondary N) is 1. The maximum Gasteiger partial charge on any atom is 0.0876 e. The molecule has 0 saturated heterocycles. The van der Waals surface area contributed by atoms with Gasteiger partial charge in [-0.25, -0.2) is 0 Å². The van der Waals surface area contributed by atoms with Crippen LogP contribution in [-0.2, 0) is 4.74 Å². The second kappa shape index (κ2) is 7.46. The summed E-state index contributed by atoms with van der Waals surface area (Å²) in [6.45, 7) is 4.03. The molecule has 1 aromatic carbocycles. The zero-order chi connectivity index (χ0) is 13.7. The summed E-state index contributed by atoms with van der Waals surface area (Å²) in [5, 5.41) is 3.62. The molecule has 1 aliphatic heterocycles. The average molecular weight is 389 g/mol. The van der Waals surface area contributed by atoms with Crippen LogP contribution in [0.3, 0.4) is 0 Å². The highest BCUT2D eigenvalue weighted by atomic mass is 79.9. The maximum atomic E-state index is 5.50. The van der Waals surface area contributed by atoms with Crippen LogP contribution in [-0.4, -0.2) is 13.2 Å². The highest BCUT2D eigenvalue weighted by Gasteiger charge is 2.20. The number of halogens is 2. The number of hydrogen-bond donors (Lipinski definition) is 1. The van der Waals surface area contributed by atoms with Crippen LogP contribution in [0.15, 0.2) is 39.0 Å². The van der Waals surface area contributed by atoms with Gasteiger partial charge in [0.2, 0.25) is 0 Å². The van der Waals surface area contributed by atoms with Crippen LogP contribution in [0.4, 0.5) is 0 Å². The fraction of sp³-hybridized carbons (Fsp3) is 0.467. The Morgan fingerprint density at radius 2 is 2.21 bits per heavy atom. The van der Waals surface area contributed by atoms with E-state index in [9.17, 15) is 0 Å². The molecule has 1 aromatic rings. The first-order valence-electron chi connectivity index (χ1n) is 6.71. The number of benzene rings is 1. The fourth-order valence-corrected chi connectivity index (χ4v) is 3.54. The van der Waals surface area contributed by atoms with Gasteiger partial charge in [0.15, 0.2) is 0 Å². The molecular weight excluding hydrogens is 370 g/mol. The molecule has 1 aliphatic rings. The van der Waals surface area contributed by atoms with E-state index in [2.05, 4.69) is 62.3 Å².